The van der Waals surface area contributed by atoms with Crippen LogP contribution in [0, 0.1) is 24.5 Å². The number of imidazole rings is 1. The summed E-state index contributed by atoms with van der Waals surface area (Å²) < 4.78 is 29.7. The number of anilines is 2. The van der Waals surface area contributed by atoms with Gasteiger partial charge in [0.2, 0.25) is 0 Å². The van der Waals surface area contributed by atoms with Gasteiger partial charge in [-0.05, 0) is 49.6 Å². The number of rotatable bonds is 7. The summed E-state index contributed by atoms with van der Waals surface area (Å²) in [6.07, 6.45) is 3.57. The third-order valence-electron chi connectivity index (χ3n) is 6.07. The van der Waals surface area contributed by atoms with Crippen molar-refractivity contribution >= 4 is 11.5 Å². The molecule has 6 heteroatoms. The maximum absolute atomic E-state index is 14.0. The summed E-state index contributed by atoms with van der Waals surface area (Å²) in [6, 6.07) is 12.0. The highest BCUT2D eigenvalue weighted by atomic mass is 19.2. The fourth-order valence-electron chi connectivity index (χ4n) is 3.95. The van der Waals surface area contributed by atoms with Gasteiger partial charge in [-0.15, -0.1) is 0 Å². The highest BCUT2D eigenvalue weighted by molar-refractivity contribution is 5.76. The number of hydrogen-bond acceptors (Lipinski definition) is 3. The number of unbranched alkanes of at least 4 members (excludes halogenated alkanes) is 1. The van der Waals surface area contributed by atoms with Crippen LogP contribution in [0.4, 0.5) is 20.3 Å². The molecule has 0 aliphatic carbocycles. The summed E-state index contributed by atoms with van der Waals surface area (Å²) in [7, 11) is 0. The van der Waals surface area contributed by atoms with E-state index in [0.717, 1.165) is 48.6 Å². The van der Waals surface area contributed by atoms with Gasteiger partial charge in [-0.1, -0.05) is 64.8 Å². The smallest absolute Gasteiger partial charge is 0.159 e. The minimum absolute atomic E-state index is 0.533. The Morgan fingerprint density at radius 2 is 1.71 bits per heavy atom. The van der Waals surface area contributed by atoms with E-state index < -0.39 is 11.6 Å². The average Bonchev–Trinajstić information content (AvgIpc) is 3.19. The number of aryl methyl sites for hydroxylation is 1. The van der Waals surface area contributed by atoms with E-state index in [2.05, 4.69) is 49.1 Å². The van der Waals surface area contributed by atoms with Crippen molar-refractivity contribution in [3.63, 3.8) is 0 Å². The minimum atomic E-state index is -0.878. The quantitative estimate of drug-likeness (QED) is 0.371. The lowest BCUT2D eigenvalue weighted by Gasteiger charge is -2.32. The molecule has 0 saturated heterocycles. The average molecular weight is 481 g/mol. The molecule has 4 rings (SSSR count). The number of fused-ring (bicyclic) bond motifs is 1. The molecule has 4 nitrogen and oxygen atoms in total. The fraction of sp³-hybridized carbons (Fsp3) is 0.414. The van der Waals surface area contributed by atoms with Gasteiger partial charge in [0, 0.05) is 30.0 Å². The molecule has 0 amide bonds. The van der Waals surface area contributed by atoms with Crippen molar-refractivity contribution in [1.82, 2.24) is 14.5 Å². The first kappa shape index (κ1) is 26.5. The summed E-state index contributed by atoms with van der Waals surface area (Å²) in [6.45, 7) is 17.2. The van der Waals surface area contributed by atoms with Gasteiger partial charge in [-0.3, -0.25) is 0 Å². The van der Waals surface area contributed by atoms with E-state index in [1.807, 2.05) is 31.2 Å². The molecule has 0 atom stereocenters. The first-order valence-corrected chi connectivity index (χ1v) is 12.5. The van der Waals surface area contributed by atoms with Crippen LogP contribution < -0.4 is 5.32 Å². The molecule has 0 bridgehead atoms. The second kappa shape index (κ2) is 12.0. The molecule has 2 heterocycles. The zero-order chi connectivity index (χ0) is 25.5. The Labute approximate surface area is 208 Å². The van der Waals surface area contributed by atoms with E-state index in [9.17, 15) is 8.78 Å². The van der Waals surface area contributed by atoms with Crippen LogP contribution in [0.5, 0.6) is 0 Å². The van der Waals surface area contributed by atoms with Crippen molar-refractivity contribution in [2.75, 3.05) is 11.9 Å². The van der Waals surface area contributed by atoms with E-state index in [4.69, 9.17) is 4.98 Å². The maximum atomic E-state index is 14.0. The van der Waals surface area contributed by atoms with Crippen molar-refractivity contribution in [3.05, 3.63) is 77.8 Å². The van der Waals surface area contributed by atoms with E-state index in [1.165, 1.54) is 24.5 Å². The number of aromatic nitrogens is 2. The van der Waals surface area contributed by atoms with Crippen molar-refractivity contribution in [2.24, 2.45) is 5.92 Å². The summed E-state index contributed by atoms with van der Waals surface area (Å²) >= 11 is 0. The highest BCUT2D eigenvalue weighted by Crippen LogP contribution is 2.34. The molecule has 3 aromatic rings. The first-order valence-electron chi connectivity index (χ1n) is 12.5. The summed E-state index contributed by atoms with van der Waals surface area (Å²) in [5, 5.41) is 3.46. The largest absolute Gasteiger partial charge is 0.366 e. The van der Waals surface area contributed by atoms with E-state index in [-0.39, 0.29) is 0 Å². The van der Waals surface area contributed by atoms with Gasteiger partial charge in [-0.25, -0.2) is 13.8 Å². The van der Waals surface area contributed by atoms with Gasteiger partial charge in [0.15, 0.2) is 11.6 Å². The molecule has 2 aromatic carbocycles. The molecule has 1 aromatic heterocycles. The lowest BCUT2D eigenvalue weighted by molar-refractivity contribution is 0.260. The third-order valence-corrected chi connectivity index (χ3v) is 6.07. The number of nitrogens with one attached hydrogen (secondary N) is 1. The monoisotopic (exact) mass is 480 g/mol. The number of allylic oxidation sites excluding steroid dienone is 1. The van der Waals surface area contributed by atoms with Crippen LogP contribution in [0.25, 0.3) is 11.3 Å². The predicted octanol–water partition coefficient (Wildman–Crippen LogP) is 8.06. The normalized spacial score (nSPS) is 12.7. The van der Waals surface area contributed by atoms with E-state index >= 15 is 0 Å². The summed E-state index contributed by atoms with van der Waals surface area (Å²) in [4.78, 5) is 7.10. The Kier molecular flexibility index (Phi) is 9.07. The SMILES string of the molecule is C=C(CC(C)C)N1CCn2c(nc(-c3ccc(F)c(F)c3)c2Nc2ccc(C)cc2)C1.CCCC. The fourth-order valence-corrected chi connectivity index (χ4v) is 3.95. The van der Waals surface area contributed by atoms with Crippen LogP contribution in [0.15, 0.2) is 54.7 Å². The predicted molar refractivity (Wildman–Crippen MR) is 142 cm³/mol. The topological polar surface area (TPSA) is 33.1 Å². The van der Waals surface area contributed by atoms with Crippen molar-refractivity contribution in [1.29, 1.82) is 0 Å². The Morgan fingerprint density at radius 1 is 1.03 bits per heavy atom. The lowest BCUT2D eigenvalue weighted by Crippen LogP contribution is -2.33. The Bertz CT molecular complexity index is 1130. The molecular formula is C29H38F2N4. The van der Waals surface area contributed by atoms with Crippen molar-refractivity contribution in [2.45, 2.75) is 67.0 Å². The van der Waals surface area contributed by atoms with Crippen LogP contribution in [-0.2, 0) is 13.1 Å². The van der Waals surface area contributed by atoms with E-state index in [0.29, 0.717) is 23.7 Å². The summed E-state index contributed by atoms with van der Waals surface area (Å²) in [5.74, 6) is 0.462. The Balaban J connectivity index is 0.000000795. The third kappa shape index (κ3) is 6.71. The van der Waals surface area contributed by atoms with Crippen LogP contribution in [0.1, 0.15) is 58.3 Å². The van der Waals surface area contributed by atoms with Gasteiger partial charge >= 0.3 is 0 Å². The molecule has 1 N–H and O–H groups in total. The van der Waals surface area contributed by atoms with Gasteiger partial charge < -0.3 is 14.8 Å². The molecule has 0 unspecified atom stereocenters. The van der Waals surface area contributed by atoms with Crippen LogP contribution >= 0.6 is 0 Å². The lowest BCUT2D eigenvalue weighted by atomic mass is 10.1. The van der Waals surface area contributed by atoms with Crippen LogP contribution in [0.3, 0.4) is 0 Å². The molecule has 0 fully saturated rings. The molecule has 0 saturated carbocycles. The molecular weight excluding hydrogens is 442 g/mol. The second-order valence-electron chi connectivity index (χ2n) is 9.58. The minimum Gasteiger partial charge on any atom is -0.366 e. The number of hydrogen-bond donors (Lipinski definition) is 1. The van der Waals surface area contributed by atoms with Gasteiger partial charge in [0.25, 0.3) is 0 Å². The second-order valence-corrected chi connectivity index (χ2v) is 9.58. The maximum Gasteiger partial charge on any atom is 0.159 e. The molecule has 0 spiro atoms. The molecule has 1 aliphatic rings. The number of benzene rings is 2. The molecule has 1 aliphatic heterocycles. The standard InChI is InChI=1S/C25H28F2N4.C4H10/c1-16(2)13-18(4)30-11-12-31-23(15-30)29-24(19-7-10-21(26)22(27)14-19)25(31)28-20-8-5-17(3)6-9-20;1-3-4-2/h5-10,14,16,28H,4,11-13,15H2,1-3H3;3-4H2,1-2H3. The summed E-state index contributed by atoms with van der Waals surface area (Å²) in [5.41, 5.74) is 4.35. The Morgan fingerprint density at radius 3 is 2.31 bits per heavy atom. The highest BCUT2D eigenvalue weighted by Gasteiger charge is 2.25. The van der Waals surface area contributed by atoms with Crippen molar-refractivity contribution in [3.8, 4) is 11.3 Å². The van der Waals surface area contributed by atoms with Crippen molar-refractivity contribution < 1.29 is 8.78 Å². The van der Waals surface area contributed by atoms with Crippen LogP contribution in [-0.4, -0.2) is 21.0 Å². The van der Waals surface area contributed by atoms with Gasteiger partial charge in [-0.2, -0.15) is 0 Å². The van der Waals surface area contributed by atoms with Gasteiger partial charge in [0.1, 0.15) is 17.3 Å². The van der Waals surface area contributed by atoms with E-state index in [1.54, 1.807) is 6.07 Å². The molecule has 35 heavy (non-hydrogen) atoms. The molecule has 0 radical (unpaired) electrons. The number of nitrogens with zero attached hydrogens (tertiary/aromatic N) is 3. The van der Waals surface area contributed by atoms with Crippen LogP contribution in [0.2, 0.25) is 0 Å². The zero-order valence-corrected chi connectivity index (χ0v) is 21.7. The first-order chi connectivity index (χ1) is 16.7. The zero-order valence-electron chi connectivity index (χ0n) is 21.7. The van der Waals surface area contributed by atoms with Gasteiger partial charge in [0.05, 0.1) is 6.54 Å². The number of halogens is 2. The Hall–Kier alpha value is -3.15. The molecule has 188 valence electrons.